The Hall–Kier alpha value is -2.84. The Labute approximate surface area is 209 Å². The van der Waals surface area contributed by atoms with E-state index >= 15 is 0 Å². The van der Waals surface area contributed by atoms with Crippen molar-refractivity contribution >= 4 is 54.3 Å². The van der Waals surface area contributed by atoms with E-state index in [9.17, 15) is 8.78 Å². The average molecular weight is 522 g/mol. The fraction of sp³-hybridized carbons (Fsp3) is 0.391. The van der Waals surface area contributed by atoms with Crippen molar-refractivity contribution in [3.63, 3.8) is 0 Å². The van der Waals surface area contributed by atoms with Crippen molar-refractivity contribution in [3.05, 3.63) is 47.6 Å². The lowest BCUT2D eigenvalue weighted by Gasteiger charge is -2.41. The number of para-hydroxylation sites is 1. The van der Waals surface area contributed by atoms with Crippen molar-refractivity contribution in [1.29, 1.82) is 0 Å². The molecule has 2 aromatic rings. The molecule has 2 aliphatic rings. The maximum atomic E-state index is 13.5. The summed E-state index contributed by atoms with van der Waals surface area (Å²) in [4.78, 5) is 19.1. The van der Waals surface area contributed by atoms with Gasteiger partial charge in [0.05, 0.1) is 24.9 Å². The van der Waals surface area contributed by atoms with Crippen LogP contribution in [-0.4, -0.2) is 73.4 Å². The van der Waals surface area contributed by atoms with Gasteiger partial charge in [-0.3, -0.25) is 4.99 Å². The highest BCUT2D eigenvalue weighted by Crippen LogP contribution is 2.65. The minimum atomic E-state index is -2.57. The number of aromatic nitrogens is 2. The number of methoxy groups -OCH3 is 1. The van der Waals surface area contributed by atoms with Gasteiger partial charge < -0.3 is 20.3 Å². The van der Waals surface area contributed by atoms with E-state index in [4.69, 9.17) is 16.3 Å². The zero-order valence-electron chi connectivity index (χ0n) is 19.9. The van der Waals surface area contributed by atoms with Gasteiger partial charge >= 0.3 is 0 Å². The number of hydrogen-bond donors (Lipinski definition) is 2. The number of aliphatic imine (C=N–C) groups is 2. The van der Waals surface area contributed by atoms with E-state index in [0.29, 0.717) is 22.5 Å². The molecule has 1 aliphatic heterocycles. The van der Waals surface area contributed by atoms with Crippen LogP contribution in [0.1, 0.15) is 6.42 Å². The summed E-state index contributed by atoms with van der Waals surface area (Å²) in [5, 5.41) is 7.85. The fourth-order valence-corrected chi connectivity index (χ4v) is 5.04. The van der Waals surface area contributed by atoms with Crippen molar-refractivity contribution in [2.24, 2.45) is 15.4 Å². The van der Waals surface area contributed by atoms with Crippen LogP contribution >= 0.6 is 19.5 Å². The first kappa shape index (κ1) is 25.3. The number of hydrogen-bond acceptors (Lipinski definition) is 7. The molecule has 2 heterocycles. The number of amidine groups is 1. The molecule has 0 unspecified atom stereocenters. The van der Waals surface area contributed by atoms with Crippen LogP contribution < -0.4 is 15.9 Å². The summed E-state index contributed by atoms with van der Waals surface area (Å²) < 4.78 is 32.2. The Morgan fingerprint density at radius 2 is 2.00 bits per heavy atom. The zero-order chi connectivity index (χ0) is 25.2. The van der Waals surface area contributed by atoms with E-state index in [1.807, 2.05) is 18.2 Å². The SMILES string of the molecule is C\N=C(/C=N\C(=C\OC)Nc1ncc(Cl)c(Nc2ccccc2P(C)C)n1)N1CC2(C1)CC2(F)F. The predicted octanol–water partition coefficient (Wildman–Crippen LogP) is 4.54. The molecular formula is C23H27ClF2N7OP. The Morgan fingerprint density at radius 3 is 2.63 bits per heavy atom. The second-order valence-electron chi connectivity index (χ2n) is 8.65. The Morgan fingerprint density at radius 1 is 1.29 bits per heavy atom. The van der Waals surface area contributed by atoms with Gasteiger partial charge in [0.2, 0.25) is 5.95 Å². The minimum absolute atomic E-state index is 0.0615. The van der Waals surface area contributed by atoms with Crippen molar-refractivity contribution < 1.29 is 13.5 Å². The summed E-state index contributed by atoms with van der Waals surface area (Å²) in [6.07, 6.45) is 4.32. The lowest BCUT2D eigenvalue weighted by atomic mass is 9.96. The minimum Gasteiger partial charge on any atom is -0.501 e. The van der Waals surface area contributed by atoms with Crippen LogP contribution in [0.3, 0.4) is 0 Å². The molecule has 1 saturated heterocycles. The van der Waals surface area contributed by atoms with E-state index in [0.717, 1.165) is 5.69 Å². The van der Waals surface area contributed by atoms with Gasteiger partial charge in [0.25, 0.3) is 5.92 Å². The Balaban J connectivity index is 1.46. The van der Waals surface area contributed by atoms with E-state index in [1.165, 1.54) is 31.1 Å². The quantitative estimate of drug-likeness (QED) is 0.230. The van der Waals surface area contributed by atoms with E-state index in [2.05, 4.69) is 50.0 Å². The van der Waals surface area contributed by atoms with Gasteiger partial charge in [-0.1, -0.05) is 37.7 Å². The highest BCUT2D eigenvalue weighted by Gasteiger charge is 2.76. The summed E-state index contributed by atoms with van der Waals surface area (Å²) >= 11 is 6.35. The maximum absolute atomic E-state index is 13.5. The number of rotatable bonds is 8. The first-order valence-corrected chi connectivity index (χ1v) is 13.5. The van der Waals surface area contributed by atoms with Gasteiger partial charge in [-0.2, -0.15) is 4.98 Å². The lowest BCUT2D eigenvalue weighted by Crippen LogP contribution is -2.54. The predicted molar refractivity (Wildman–Crippen MR) is 139 cm³/mol. The first-order valence-electron chi connectivity index (χ1n) is 10.9. The third-order valence-corrected chi connectivity index (χ3v) is 7.55. The zero-order valence-corrected chi connectivity index (χ0v) is 21.5. The number of benzene rings is 1. The Bertz CT molecular complexity index is 1180. The molecule has 1 aromatic carbocycles. The normalized spacial score (nSPS) is 18.7. The average Bonchev–Trinajstić information content (AvgIpc) is 3.38. The van der Waals surface area contributed by atoms with Gasteiger partial charge in [0, 0.05) is 32.2 Å². The molecular weight excluding hydrogens is 495 g/mol. The third kappa shape index (κ3) is 5.38. The summed E-state index contributed by atoms with van der Waals surface area (Å²) in [5.41, 5.74) is 0.0362. The summed E-state index contributed by atoms with van der Waals surface area (Å²) in [6, 6.07) is 8.01. The monoisotopic (exact) mass is 521 g/mol. The van der Waals surface area contributed by atoms with Gasteiger partial charge in [0.1, 0.15) is 17.1 Å². The van der Waals surface area contributed by atoms with Gasteiger partial charge in [-0.05, 0) is 24.7 Å². The van der Waals surface area contributed by atoms with Crippen LogP contribution in [0.15, 0.2) is 52.5 Å². The molecule has 2 N–H and O–H groups in total. The van der Waals surface area contributed by atoms with Gasteiger partial charge in [-0.25, -0.2) is 18.8 Å². The van der Waals surface area contributed by atoms with Gasteiger partial charge in [-0.15, -0.1) is 0 Å². The van der Waals surface area contributed by atoms with Crippen LogP contribution in [0.25, 0.3) is 0 Å². The highest BCUT2D eigenvalue weighted by atomic mass is 35.5. The second kappa shape index (κ2) is 10.0. The number of alkyl halides is 2. The molecule has 0 radical (unpaired) electrons. The van der Waals surface area contributed by atoms with Crippen molar-refractivity contribution in [2.75, 3.05) is 51.2 Å². The molecule has 0 bridgehead atoms. The fourth-order valence-electron chi connectivity index (χ4n) is 3.91. The molecule has 35 heavy (non-hydrogen) atoms. The molecule has 12 heteroatoms. The number of ether oxygens (including phenoxy) is 1. The van der Waals surface area contributed by atoms with Crippen LogP contribution in [0.2, 0.25) is 5.02 Å². The molecule has 8 nitrogen and oxygen atoms in total. The lowest BCUT2D eigenvalue weighted by molar-refractivity contribution is 0.00641. The molecule has 186 valence electrons. The van der Waals surface area contributed by atoms with Crippen molar-refractivity contribution in [2.45, 2.75) is 12.3 Å². The topological polar surface area (TPSA) is 87.0 Å². The molecule has 4 rings (SSSR count). The molecule has 2 fully saturated rings. The maximum Gasteiger partial charge on any atom is 0.258 e. The molecule has 0 atom stereocenters. The molecule has 1 spiro atoms. The van der Waals surface area contributed by atoms with Crippen molar-refractivity contribution in [1.82, 2.24) is 14.9 Å². The number of nitrogens with one attached hydrogen (secondary N) is 2. The largest absolute Gasteiger partial charge is 0.501 e. The van der Waals surface area contributed by atoms with Crippen LogP contribution in [0, 0.1) is 5.41 Å². The van der Waals surface area contributed by atoms with Crippen LogP contribution in [-0.2, 0) is 4.74 Å². The number of nitrogens with zero attached hydrogens (tertiary/aromatic N) is 5. The van der Waals surface area contributed by atoms with E-state index in [-0.39, 0.29) is 33.4 Å². The number of anilines is 3. The van der Waals surface area contributed by atoms with Crippen LogP contribution in [0.5, 0.6) is 0 Å². The molecule has 1 aliphatic carbocycles. The molecule has 1 aromatic heterocycles. The molecule has 0 amide bonds. The van der Waals surface area contributed by atoms with Gasteiger partial charge in [0.15, 0.2) is 11.6 Å². The second-order valence-corrected chi connectivity index (χ2v) is 11.3. The summed E-state index contributed by atoms with van der Waals surface area (Å²) in [7, 11) is 2.75. The first-order chi connectivity index (χ1) is 16.7. The third-order valence-electron chi connectivity index (χ3n) is 5.92. The smallest absolute Gasteiger partial charge is 0.258 e. The Kier molecular flexibility index (Phi) is 7.24. The highest BCUT2D eigenvalue weighted by molar-refractivity contribution is 7.64. The van der Waals surface area contributed by atoms with Crippen molar-refractivity contribution in [3.8, 4) is 0 Å². The van der Waals surface area contributed by atoms with E-state index < -0.39 is 11.3 Å². The van der Waals surface area contributed by atoms with E-state index in [1.54, 1.807) is 11.9 Å². The summed E-state index contributed by atoms with van der Waals surface area (Å²) in [5.74, 6) is -1.06. The van der Waals surface area contributed by atoms with Crippen LogP contribution in [0.4, 0.5) is 26.2 Å². The number of likely N-dealkylation sites (tertiary alicyclic amines) is 1. The number of halogens is 3. The summed E-state index contributed by atoms with van der Waals surface area (Å²) in [6.45, 7) is 4.89. The standard InChI is InChI=1S/C23H27ClF2N7OP/c1-27-19(33-13-22(14-33)12-23(22,25)26)10-28-18(11-34-2)31-21-29-9-15(24)20(32-21)30-16-7-5-6-8-17(16)35(3)4/h5-11H,12-14H2,1-4H3,(H2,29,30,31,32)/b18-11-,27-19+,28-10-. The molecule has 1 saturated carbocycles.